The third-order valence-corrected chi connectivity index (χ3v) is 2.30. The summed E-state index contributed by atoms with van der Waals surface area (Å²) in [6, 6.07) is 0. The average molecular weight is 204 g/mol. The van der Waals surface area contributed by atoms with E-state index in [0.29, 0.717) is 0 Å². The molecule has 0 heterocycles. The van der Waals surface area contributed by atoms with Crippen LogP contribution in [0.15, 0.2) is 47.1 Å². The van der Waals surface area contributed by atoms with Gasteiger partial charge in [-0.05, 0) is 39.2 Å². The third kappa shape index (κ3) is 6.96. The molecule has 15 heavy (non-hydrogen) atoms. The lowest BCUT2D eigenvalue weighted by atomic mass is 10.1. The molecule has 0 nitrogen and oxygen atoms in total. The Kier molecular flexibility index (Phi) is 7.71. The van der Waals surface area contributed by atoms with Crippen molar-refractivity contribution in [2.75, 3.05) is 0 Å². The Morgan fingerprint density at radius 1 is 1.00 bits per heavy atom. The first-order chi connectivity index (χ1) is 7.13. The molecule has 0 aromatic rings. The summed E-state index contributed by atoms with van der Waals surface area (Å²) in [7, 11) is 0. The maximum absolute atomic E-state index is 2.26. The van der Waals surface area contributed by atoms with Gasteiger partial charge in [-0.15, -0.1) is 0 Å². The molecule has 0 rings (SSSR count). The molecular formula is C15H24. The summed E-state index contributed by atoms with van der Waals surface area (Å²) in [6.07, 6.45) is 13.2. The molecule has 0 N–H and O–H groups in total. The van der Waals surface area contributed by atoms with Gasteiger partial charge in [0.15, 0.2) is 0 Å². The Morgan fingerprint density at radius 3 is 2.13 bits per heavy atom. The molecule has 0 aliphatic carbocycles. The molecule has 0 aliphatic rings. The molecular weight excluding hydrogens is 180 g/mol. The van der Waals surface area contributed by atoms with E-state index in [1.54, 1.807) is 0 Å². The predicted octanol–water partition coefficient (Wildman–Crippen LogP) is 5.20. The van der Waals surface area contributed by atoms with Gasteiger partial charge in [0.05, 0.1) is 0 Å². The van der Waals surface area contributed by atoms with Gasteiger partial charge in [-0.2, -0.15) is 0 Å². The van der Waals surface area contributed by atoms with Crippen LogP contribution in [-0.4, -0.2) is 0 Å². The van der Waals surface area contributed by atoms with E-state index in [4.69, 9.17) is 0 Å². The van der Waals surface area contributed by atoms with Gasteiger partial charge in [0.2, 0.25) is 0 Å². The summed E-state index contributed by atoms with van der Waals surface area (Å²) in [4.78, 5) is 0. The van der Waals surface area contributed by atoms with E-state index in [1.165, 1.54) is 16.7 Å². The lowest BCUT2D eigenvalue weighted by Gasteiger charge is -1.99. The van der Waals surface area contributed by atoms with Crippen molar-refractivity contribution in [3.63, 3.8) is 0 Å². The minimum atomic E-state index is 1.09. The zero-order valence-electron chi connectivity index (χ0n) is 10.8. The highest BCUT2D eigenvalue weighted by molar-refractivity contribution is 5.33. The van der Waals surface area contributed by atoms with Gasteiger partial charge in [-0.25, -0.2) is 0 Å². The van der Waals surface area contributed by atoms with Crippen LogP contribution < -0.4 is 0 Å². The van der Waals surface area contributed by atoms with Gasteiger partial charge in [0.1, 0.15) is 0 Å². The van der Waals surface area contributed by atoms with Gasteiger partial charge in [0, 0.05) is 0 Å². The van der Waals surface area contributed by atoms with Gasteiger partial charge in [-0.3, -0.25) is 0 Å². The predicted molar refractivity (Wildman–Crippen MR) is 71.0 cm³/mol. The molecule has 0 spiro atoms. The van der Waals surface area contributed by atoms with Crippen molar-refractivity contribution >= 4 is 0 Å². The van der Waals surface area contributed by atoms with Gasteiger partial charge in [0.25, 0.3) is 0 Å². The smallest absolute Gasteiger partial charge is 0.0307 e. The highest BCUT2D eigenvalue weighted by Crippen LogP contribution is 2.10. The largest absolute Gasteiger partial charge is 0.0847 e. The molecule has 0 saturated carbocycles. The number of hydrogen-bond donors (Lipinski definition) is 0. The zero-order valence-corrected chi connectivity index (χ0v) is 10.8. The Hall–Kier alpha value is -1.04. The van der Waals surface area contributed by atoms with E-state index in [1.807, 2.05) is 0 Å². The van der Waals surface area contributed by atoms with Gasteiger partial charge < -0.3 is 0 Å². The first-order valence-corrected chi connectivity index (χ1v) is 5.82. The second-order valence-corrected chi connectivity index (χ2v) is 3.80. The highest BCUT2D eigenvalue weighted by atomic mass is 14.0. The summed E-state index contributed by atoms with van der Waals surface area (Å²) in [6.45, 7) is 10.7. The Morgan fingerprint density at radius 2 is 1.67 bits per heavy atom. The fraction of sp³-hybridized carbons (Fsp3) is 0.467. The Bertz CT molecular complexity index is 285. The van der Waals surface area contributed by atoms with Crippen LogP contribution >= 0.6 is 0 Å². The van der Waals surface area contributed by atoms with Crippen LogP contribution in [0, 0.1) is 0 Å². The van der Waals surface area contributed by atoms with Crippen molar-refractivity contribution in [2.45, 2.75) is 47.5 Å². The SMILES string of the molecule is CC=C(C)C=C(C)C=C(C=CCC)CC. The third-order valence-electron chi connectivity index (χ3n) is 2.30. The lowest BCUT2D eigenvalue weighted by molar-refractivity contribution is 1.13. The first-order valence-electron chi connectivity index (χ1n) is 5.82. The Balaban J connectivity index is 4.69. The first kappa shape index (κ1) is 14.0. The fourth-order valence-electron chi connectivity index (χ4n) is 1.31. The van der Waals surface area contributed by atoms with Crippen LogP contribution in [0.5, 0.6) is 0 Å². The minimum Gasteiger partial charge on any atom is -0.0847 e. The van der Waals surface area contributed by atoms with Crippen LogP contribution in [0.25, 0.3) is 0 Å². The standard InChI is InChI=1S/C15H24/c1-6-9-10-15(8-3)12-14(5)11-13(4)7-2/h7,9-12H,6,8H2,1-5H3. The van der Waals surface area contributed by atoms with E-state index in [0.717, 1.165) is 12.8 Å². The van der Waals surface area contributed by atoms with Crippen molar-refractivity contribution in [1.29, 1.82) is 0 Å². The molecule has 0 atom stereocenters. The monoisotopic (exact) mass is 204 g/mol. The van der Waals surface area contributed by atoms with E-state index in [-0.39, 0.29) is 0 Å². The maximum Gasteiger partial charge on any atom is -0.0307 e. The van der Waals surface area contributed by atoms with Crippen molar-refractivity contribution < 1.29 is 0 Å². The molecule has 0 aromatic heterocycles. The molecule has 0 radical (unpaired) electrons. The molecule has 0 unspecified atom stereocenters. The van der Waals surface area contributed by atoms with E-state index < -0.39 is 0 Å². The van der Waals surface area contributed by atoms with Crippen LogP contribution in [0.1, 0.15) is 47.5 Å². The fourth-order valence-corrected chi connectivity index (χ4v) is 1.31. The molecule has 84 valence electrons. The van der Waals surface area contributed by atoms with E-state index in [9.17, 15) is 0 Å². The summed E-state index contributed by atoms with van der Waals surface area (Å²) in [5.41, 5.74) is 4.04. The average Bonchev–Trinajstić information content (AvgIpc) is 2.23. The summed E-state index contributed by atoms with van der Waals surface area (Å²) in [5, 5.41) is 0. The van der Waals surface area contributed by atoms with E-state index in [2.05, 4.69) is 65.0 Å². The molecule has 0 bridgehead atoms. The Labute approximate surface area is 95.1 Å². The summed E-state index contributed by atoms with van der Waals surface area (Å²) in [5.74, 6) is 0. The second kappa shape index (κ2) is 8.28. The van der Waals surface area contributed by atoms with Crippen LogP contribution in [0.3, 0.4) is 0 Å². The lowest BCUT2D eigenvalue weighted by Crippen LogP contribution is -1.78. The quantitative estimate of drug-likeness (QED) is 0.540. The zero-order chi connectivity index (χ0) is 11.7. The normalized spacial score (nSPS) is 15.1. The molecule has 0 saturated heterocycles. The second-order valence-electron chi connectivity index (χ2n) is 3.80. The number of rotatable bonds is 5. The van der Waals surface area contributed by atoms with Crippen LogP contribution in [0.2, 0.25) is 0 Å². The topological polar surface area (TPSA) is 0 Å². The van der Waals surface area contributed by atoms with Crippen molar-refractivity contribution in [2.24, 2.45) is 0 Å². The van der Waals surface area contributed by atoms with Gasteiger partial charge >= 0.3 is 0 Å². The van der Waals surface area contributed by atoms with Crippen molar-refractivity contribution in [1.82, 2.24) is 0 Å². The molecule has 0 aromatic carbocycles. The number of hydrogen-bond acceptors (Lipinski definition) is 0. The summed E-state index contributed by atoms with van der Waals surface area (Å²) < 4.78 is 0. The molecule has 0 fully saturated rings. The molecule has 0 amide bonds. The molecule has 0 aliphatic heterocycles. The van der Waals surface area contributed by atoms with Gasteiger partial charge in [-0.1, -0.05) is 55.4 Å². The van der Waals surface area contributed by atoms with Crippen LogP contribution in [-0.2, 0) is 0 Å². The number of allylic oxidation sites excluding steroid dienone is 8. The van der Waals surface area contributed by atoms with E-state index >= 15 is 0 Å². The van der Waals surface area contributed by atoms with Crippen molar-refractivity contribution in [3.8, 4) is 0 Å². The van der Waals surface area contributed by atoms with Crippen molar-refractivity contribution in [3.05, 3.63) is 47.1 Å². The van der Waals surface area contributed by atoms with Crippen LogP contribution in [0.4, 0.5) is 0 Å². The maximum atomic E-state index is 2.26. The minimum absolute atomic E-state index is 1.09. The summed E-state index contributed by atoms with van der Waals surface area (Å²) >= 11 is 0. The molecule has 0 heteroatoms. The highest BCUT2D eigenvalue weighted by Gasteiger charge is 1.90.